The van der Waals surface area contributed by atoms with Crippen LogP contribution < -0.4 is 5.73 Å². The minimum absolute atomic E-state index is 0.178. The quantitative estimate of drug-likeness (QED) is 0.842. The molecule has 2 N–H and O–H groups in total. The normalized spacial score (nSPS) is 28.7. The molecule has 0 unspecified atom stereocenters. The molecule has 1 aliphatic carbocycles. The summed E-state index contributed by atoms with van der Waals surface area (Å²) in [5, 5.41) is 1.14. The second kappa shape index (κ2) is 4.32. The van der Waals surface area contributed by atoms with Crippen LogP contribution in [0, 0.1) is 12.8 Å². The Hall–Kier alpha value is -0.930. The first kappa shape index (κ1) is 12.1. The summed E-state index contributed by atoms with van der Waals surface area (Å²) in [5.74, 6) is 0.817. The van der Waals surface area contributed by atoms with Crippen molar-refractivity contribution in [3.63, 3.8) is 0 Å². The predicted octanol–water partition coefficient (Wildman–Crippen LogP) is 3.97. The highest BCUT2D eigenvalue weighted by atomic mass is 32.1. The molecule has 1 aromatic heterocycles. The monoisotopic (exact) mass is 260 g/mol. The minimum Gasteiger partial charge on any atom is -0.319 e. The fourth-order valence-corrected chi connectivity index (χ4v) is 3.99. The van der Waals surface area contributed by atoms with Crippen LogP contribution in [0.15, 0.2) is 18.2 Å². The first-order valence-corrected chi connectivity index (χ1v) is 7.56. The number of hydrogen-bond acceptors (Lipinski definition) is 3. The summed E-state index contributed by atoms with van der Waals surface area (Å²) in [4.78, 5) is 4.83. The van der Waals surface area contributed by atoms with Crippen LogP contribution in [0.3, 0.4) is 0 Å². The van der Waals surface area contributed by atoms with Gasteiger partial charge in [0.25, 0.3) is 0 Å². The van der Waals surface area contributed by atoms with Crippen LogP contribution in [0.5, 0.6) is 0 Å². The Balaban J connectivity index is 2.01. The molecule has 1 aliphatic rings. The Bertz CT molecular complexity index is 565. The first-order valence-electron chi connectivity index (χ1n) is 6.74. The molecule has 3 heteroatoms. The van der Waals surface area contributed by atoms with Gasteiger partial charge in [-0.1, -0.05) is 19.1 Å². The largest absolute Gasteiger partial charge is 0.319 e. The Kier molecular flexibility index (Phi) is 2.91. The maximum Gasteiger partial charge on any atom is 0.114 e. The number of rotatable bonds is 1. The van der Waals surface area contributed by atoms with Crippen LogP contribution in [0.1, 0.15) is 43.2 Å². The van der Waals surface area contributed by atoms with Crippen molar-refractivity contribution in [1.82, 2.24) is 4.98 Å². The van der Waals surface area contributed by atoms with Crippen LogP contribution >= 0.6 is 11.3 Å². The van der Waals surface area contributed by atoms with E-state index in [2.05, 4.69) is 32.0 Å². The Morgan fingerprint density at radius 1 is 1.33 bits per heavy atom. The van der Waals surface area contributed by atoms with Gasteiger partial charge < -0.3 is 5.73 Å². The van der Waals surface area contributed by atoms with Crippen molar-refractivity contribution in [2.75, 3.05) is 0 Å². The van der Waals surface area contributed by atoms with Gasteiger partial charge in [0.1, 0.15) is 5.01 Å². The van der Waals surface area contributed by atoms with E-state index in [4.69, 9.17) is 10.7 Å². The van der Waals surface area contributed by atoms with E-state index in [1.807, 2.05) is 0 Å². The van der Waals surface area contributed by atoms with Crippen LogP contribution in [0.25, 0.3) is 10.2 Å². The summed E-state index contributed by atoms with van der Waals surface area (Å²) in [5.41, 5.74) is 8.82. The number of benzene rings is 1. The third-order valence-corrected chi connectivity index (χ3v) is 5.45. The fourth-order valence-electron chi connectivity index (χ4n) is 2.79. The molecule has 2 aromatic rings. The molecule has 3 rings (SSSR count). The lowest BCUT2D eigenvalue weighted by atomic mass is 9.78. The average Bonchev–Trinajstić information content (AvgIpc) is 2.79. The van der Waals surface area contributed by atoms with Gasteiger partial charge in [-0.25, -0.2) is 4.98 Å². The number of aryl methyl sites for hydroxylation is 1. The molecule has 1 aromatic carbocycles. The van der Waals surface area contributed by atoms with Crippen molar-refractivity contribution >= 4 is 21.6 Å². The number of nitrogens with two attached hydrogens (primary N) is 1. The van der Waals surface area contributed by atoms with E-state index >= 15 is 0 Å². The van der Waals surface area contributed by atoms with E-state index in [0.29, 0.717) is 0 Å². The lowest BCUT2D eigenvalue weighted by molar-refractivity contribution is 0.247. The number of nitrogens with zero attached hydrogens (tertiary/aromatic N) is 1. The summed E-state index contributed by atoms with van der Waals surface area (Å²) < 4.78 is 1.27. The zero-order chi connectivity index (χ0) is 12.8. The topological polar surface area (TPSA) is 38.9 Å². The number of fused-ring (bicyclic) bond motifs is 1. The highest BCUT2D eigenvalue weighted by Gasteiger charge is 2.34. The molecule has 0 radical (unpaired) electrons. The molecule has 1 saturated carbocycles. The first-order chi connectivity index (χ1) is 8.58. The molecule has 0 aliphatic heterocycles. The molecule has 0 amide bonds. The van der Waals surface area contributed by atoms with Crippen LogP contribution in [0.4, 0.5) is 0 Å². The lowest BCUT2D eigenvalue weighted by Crippen LogP contribution is -2.40. The summed E-state index contributed by atoms with van der Waals surface area (Å²) in [6.07, 6.45) is 4.61. The van der Waals surface area contributed by atoms with Crippen molar-refractivity contribution in [1.29, 1.82) is 0 Å². The molecule has 2 nitrogen and oxygen atoms in total. The number of thiazole rings is 1. The SMILES string of the molecule is Cc1cccc2sc(C3(N)CCC(C)CC3)nc12. The summed E-state index contributed by atoms with van der Waals surface area (Å²) in [6.45, 7) is 4.44. The molecular weight excluding hydrogens is 240 g/mol. The molecular formula is C15H20N2S. The van der Waals surface area contributed by atoms with E-state index in [1.54, 1.807) is 11.3 Å². The molecule has 0 bridgehead atoms. The Morgan fingerprint density at radius 2 is 2.06 bits per heavy atom. The summed E-state index contributed by atoms with van der Waals surface area (Å²) >= 11 is 1.78. The van der Waals surface area contributed by atoms with Gasteiger partial charge in [-0.3, -0.25) is 0 Å². The zero-order valence-electron chi connectivity index (χ0n) is 11.1. The standard InChI is InChI=1S/C15H20N2S/c1-10-6-8-15(16,9-7-10)14-17-13-11(2)4-3-5-12(13)18-14/h3-5,10H,6-9,16H2,1-2H3. The zero-order valence-corrected chi connectivity index (χ0v) is 11.9. The van der Waals surface area contributed by atoms with Crippen molar-refractivity contribution in [3.8, 4) is 0 Å². The molecule has 0 spiro atoms. The van der Waals surface area contributed by atoms with E-state index < -0.39 is 0 Å². The third kappa shape index (κ3) is 1.95. The van der Waals surface area contributed by atoms with Gasteiger partial charge in [-0.15, -0.1) is 11.3 Å². The van der Waals surface area contributed by atoms with E-state index in [9.17, 15) is 0 Å². The third-order valence-electron chi connectivity index (χ3n) is 4.21. The van der Waals surface area contributed by atoms with E-state index in [0.717, 1.165) is 29.3 Å². The van der Waals surface area contributed by atoms with Crippen LogP contribution in [-0.4, -0.2) is 4.98 Å². The maximum atomic E-state index is 6.60. The number of para-hydroxylation sites is 1. The van der Waals surface area contributed by atoms with E-state index in [-0.39, 0.29) is 5.54 Å². The Morgan fingerprint density at radius 3 is 2.72 bits per heavy atom. The minimum atomic E-state index is -0.178. The highest BCUT2D eigenvalue weighted by Crippen LogP contribution is 2.40. The van der Waals surface area contributed by atoms with Gasteiger partial charge in [0, 0.05) is 0 Å². The molecule has 0 atom stereocenters. The summed E-state index contributed by atoms with van der Waals surface area (Å²) in [7, 11) is 0. The van der Waals surface area contributed by atoms with Crippen LogP contribution in [0.2, 0.25) is 0 Å². The van der Waals surface area contributed by atoms with Gasteiger partial charge in [-0.2, -0.15) is 0 Å². The Labute approximate surface area is 112 Å². The van der Waals surface area contributed by atoms with Gasteiger partial charge >= 0.3 is 0 Å². The second-order valence-electron chi connectivity index (χ2n) is 5.78. The van der Waals surface area contributed by atoms with Crippen molar-refractivity contribution in [3.05, 3.63) is 28.8 Å². The number of aromatic nitrogens is 1. The molecule has 1 fully saturated rings. The van der Waals surface area contributed by atoms with Gasteiger partial charge in [0.15, 0.2) is 0 Å². The number of hydrogen-bond donors (Lipinski definition) is 1. The van der Waals surface area contributed by atoms with Crippen molar-refractivity contribution in [2.24, 2.45) is 11.7 Å². The summed E-state index contributed by atoms with van der Waals surface area (Å²) in [6, 6.07) is 6.38. The van der Waals surface area contributed by atoms with Gasteiger partial charge in [-0.05, 0) is 50.2 Å². The fraction of sp³-hybridized carbons (Fsp3) is 0.533. The predicted molar refractivity (Wildman–Crippen MR) is 77.9 cm³/mol. The average molecular weight is 260 g/mol. The lowest BCUT2D eigenvalue weighted by Gasteiger charge is -2.34. The van der Waals surface area contributed by atoms with Crippen molar-refractivity contribution in [2.45, 2.75) is 45.1 Å². The molecule has 0 saturated heterocycles. The molecule has 18 heavy (non-hydrogen) atoms. The molecule has 96 valence electrons. The highest BCUT2D eigenvalue weighted by molar-refractivity contribution is 7.18. The van der Waals surface area contributed by atoms with Crippen LogP contribution in [-0.2, 0) is 5.54 Å². The second-order valence-corrected chi connectivity index (χ2v) is 6.81. The van der Waals surface area contributed by atoms with Gasteiger partial charge in [0.05, 0.1) is 15.8 Å². The molecule has 1 heterocycles. The van der Waals surface area contributed by atoms with Crippen molar-refractivity contribution < 1.29 is 0 Å². The maximum absolute atomic E-state index is 6.60. The smallest absolute Gasteiger partial charge is 0.114 e. The van der Waals surface area contributed by atoms with E-state index in [1.165, 1.54) is 23.1 Å². The van der Waals surface area contributed by atoms with Gasteiger partial charge in [0.2, 0.25) is 0 Å².